The summed E-state index contributed by atoms with van der Waals surface area (Å²) in [4.78, 5) is 16.6. The third-order valence-electron chi connectivity index (χ3n) is 3.73. The third kappa shape index (κ3) is 5.62. The van der Waals surface area contributed by atoms with Crippen LogP contribution in [0.15, 0.2) is 75.5 Å². The van der Waals surface area contributed by atoms with Gasteiger partial charge in [-0.3, -0.25) is 9.79 Å². The molecular formula is C21H20BrFN2O2. The van der Waals surface area contributed by atoms with Crippen LogP contribution in [0.4, 0.5) is 4.39 Å². The number of rotatable bonds is 8. The van der Waals surface area contributed by atoms with Gasteiger partial charge in [0.2, 0.25) is 5.78 Å². The number of Topliss-reactive ketones (excluding diaryl/α,β-unsaturated/α-hetero) is 1. The highest BCUT2D eigenvalue weighted by molar-refractivity contribution is 9.11. The van der Waals surface area contributed by atoms with Crippen LogP contribution in [0, 0.1) is 5.82 Å². The number of hydrogen-bond donors (Lipinski definition) is 1. The van der Waals surface area contributed by atoms with Crippen LogP contribution in [0.3, 0.4) is 0 Å². The highest BCUT2D eigenvalue weighted by Crippen LogP contribution is 2.19. The average Bonchev–Trinajstić information content (AvgIpc) is 2.66. The van der Waals surface area contributed by atoms with E-state index in [0.29, 0.717) is 12.2 Å². The summed E-state index contributed by atoms with van der Waals surface area (Å²) in [5, 5.41) is 3.18. The molecule has 0 heterocycles. The van der Waals surface area contributed by atoms with Crippen molar-refractivity contribution in [2.45, 2.75) is 13.5 Å². The summed E-state index contributed by atoms with van der Waals surface area (Å²) in [7, 11) is 1.61. The fraction of sp³-hybridized carbons (Fsp3) is 0.143. The molecule has 0 atom stereocenters. The molecule has 140 valence electrons. The number of carbonyl (C=O) groups is 1. The van der Waals surface area contributed by atoms with Gasteiger partial charge in [0.15, 0.2) is 0 Å². The Bertz CT molecular complexity index is 885. The second kappa shape index (κ2) is 9.83. The fourth-order valence-corrected chi connectivity index (χ4v) is 2.62. The van der Waals surface area contributed by atoms with Gasteiger partial charge in [0.25, 0.3) is 0 Å². The quantitative estimate of drug-likeness (QED) is 0.277. The van der Waals surface area contributed by atoms with Crippen LogP contribution in [-0.4, -0.2) is 19.6 Å². The molecule has 2 rings (SSSR count). The van der Waals surface area contributed by atoms with Crippen LogP contribution < -0.4 is 10.1 Å². The van der Waals surface area contributed by atoms with Crippen molar-refractivity contribution in [1.82, 2.24) is 5.32 Å². The second-order valence-electron chi connectivity index (χ2n) is 5.66. The molecule has 27 heavy (non-hydrogen) atoms. The number of halogens is 2. The third-order valence-corrected chi connectivity index (χ3v) is 3.96. The molecule has 2 aromatic carbocycles. The van der Waals surface area contributed by atoms with Gasteiger partial charge in [-0.2, -0.15) is 0 Å². The lowest BCUT2D eigenvalue weighted by Gasteiger charge is -2.12. The minimum absolute atomic E-state index is 0.0485. The van der Waals surface area contributed by atoms with Crippen LogP contribution in [0.25, 0.3) is 0 Å². The first-order chi connectivity index (χ1) is 13.0. The Balaban J connectivity index is 2.35. The van der Waals surface area contributed by atoms with Crippen LogP contribution in [0.5, 0.6) is 5.75 Å². The molecule has 0 fully saturated rings. The SMILES string of the molecule is C=N/C(C(=O)c1ccccc1F)=C(\C=C(/C)Br)NCc1ccc(OC)cc1. The molecule has 0 aromatic heterocycles. The number of ketones is 1. The topological polar surface area (TPSA) is 50.7 Å². The van der Waals surface area contributed by atoms with E-state index >= 15 is 0 Å². The van der Waals surface area contributed by atoms with Gasteiger partial charge in [-0.1, -0.05) is 40.2 Å². The Labute approximate surface area is 166 Å². The van der Waals surface area contributed by atoms with Crippen molar-refractivity contribution in [2.75, 3.05) is 7.11 Å². The average molecular weight is 431 g/mol. The van der Waals surface area contributed by atoms with E-state index < -0.39 is 11.6 Å². The number of benzene rings is 2. The Hall–Kier alpha value is -2.73. The number of allylic oxidation sites excluding steroid dienone is 3. The number of nitrogens with zero attached hydrogens (tertiary/aromatic N) is 1. The van der Waals surface area contributed by atoms with Crippen LogP contribution >= 0.6 is 15.9 Å². The van der Waals surface area contributed by atoms with E-state index in [2.05, 4.69) is 33.0 Å². The maximum atomic E-state index is 14.0. The number of nitrogens with one attached hydrogen (secondary N) is 1. The minimum Gasteiger partial charge on any atom is -0.497 e. The molecule has 0 bridgehead atoms. The number of aliphatic imine (C=N–C) groups is 1. The number of methoxy groups -OCH3 is 1. The lowest BCUT2D eigenvalue weighted by molar-refractivity contribution is 0.102. The first-order valence-electron chi connectivity index (χ1n) is 8.17. The van der Waals surface area contributed by atoms with Gasteiger partial charge >= 0.3 is 0 Å². The van der Waals surface area contributed by atoms with E-state index in [0.717, 1.165) is 15.8 Å². The molecule has 0 amide bonds. The van der Waals surface area contributed by atoms with Crippen molar-refractivity contribution in [3.63, 3.8) is 0 Å². The summed E-state index contributed by atoms with van der Waals surface area (Å²) < 4.78 is 19.9. The molecule has 0 spiro atoms. The molecule has 0 saturated carbocycles. The largest absolute Gasteiger partial charge is 0.497 e. The molecule has 0 aliphatic rings. The lowest BCUT2D eigenvalue weighted by Crippen LogP contribution is -2.17. The maximum absolute atomic E-state index is 14.0. The standard InChI is InChI=1S/C21H20BrFN2O2/c1-14(22)12-19(25-13-15-8-10-16(27-3)11-9-15)20(24-2)21(26)17-6-4-5-7-18(17)23/h4-12,25H,2,13H2,1,3H3/b14-12+,20-19+. The smallest absolute Gasteiger partial charge is 0.216 e. The molecule has 4 nitrogen and oxygen atoms in total. The van der Waals surface area contributed by atoms with Crippen molar-refractivity contribution in [3.8, 4) is 5.75 Å². The maximum Gasteiger partial charge on any atom is 0.216 e. The Kier molecular flexibility index (Phi) is 7.49. The van der Waals surface area contributed by atoms with Gasteiger partial charge in [-0.05, 0) is 54.0 Å². The summed E-state index contributed by atoms with van der Waals surface area (Å²) in [6.07, 6.45) is 1.71. The molecule has 0 unspecified atom stereocenters. The first kappa shape index (κ1) is 20.6. The van der Waals surface area contributed by atoms with E-state index in [4.69, 9.17) is 4.74 Å². The van der Waals surface area contributed by atoms with Gasteiger partial charge in [-0.15, -0.1) is 0 Å². The monoisotopic (exact) mass is 430 g/mol. The van der Waals surface area contributed by atoms with E-state index in [9.17, 15) is 9.18 Å². The van der Waals surface area contributed by atoms with Gasteiger partial charge in [0.1, 0.15) is 17.3 Å². The summed E-state index contributed by atoms with van der Waals surface area (Å²) in [6.45, 7) is 5.76. The second-order valence-corrected chi connectivity index (χ2v) is 6.91. The Morgan fingerprint density at radius 1 is 1.26 bits per heavy atom. The number of carbonyl (C=O) groups excluding carboxylic acids is 1. The van der Waals surface area contributed by atoms with Gasteiger partial charge < -0.3 is 10.1 Å². The van der Waals surface area contributed by atoms with E-state index in [1.165, 1.54) is 18.2 Å². The molecule has 0 saturated heterocycles. The van der Waals surface area contributed by atoms with Crippen molar-refractivity contribution >= 4 is 28.4 Å². The summed E-state index contributed by atoms with van der Waals surface area (Å²) in [5.74, 6) is -0.378. The highest BCUT2D eigenvalue weighted by Gasteiger charge is 2.18. The molecule has 1 N–H and O–H groups in total. The van der Waals surface area contributed by atoms with Crippen LogP contribution in [0.1, 0.15) is 22.8 Å². The van der Waals surface area contributed by atoms with Crippen molar-refractivity contribution in [3.05, 3.63) is 87.4 Å². The highest BCUT2D eigenvalue weighted by atomic mass is 79.9. The molecule has 0 aliphatic carbocycles. The zero-order chi connectivity index (χ0) is 19.8. The van der Waals surface area contributed by atoms with Crippen LogP contribution in [0.2, 0.25) is 0 Å². The molecular weight excluding hydrogens is 411 g/mol. The zero-order valence-corrected chi connectivity index (χ0v) is 16.7. The molecule has 0 radical (unpaired) electrons. The van der Waals surface area contributed by atoms with E-state index in [1.54, 1.807) is 19.3 Å². The molecule has 0 aliphatic heterocycles. The Morgan fingerprint density at radius 3 is 2.48 bits per heavy atom. The van der Waals surface area contributed by atoms with Crippen molar-refractivity contribution in [2.24, 2.45) is 4.99 Å². The molecule has 6 heteroatoms. The first-order valence-corrected chi connectivity index (χ1v) is 8.96. The Morgan fingerprint density at radius 2 is 1.93 bits per heavy atom. The minimum atomic E-state index is -0.599. The number of hydrogen-bond acceptors (Lipinski definition) is 4. The summed E-state index contributed by atoms with van der Waals surface area (Å²) in [5.41, 5.74) is 1.43. The van der Waals surface area contributed by atoms with Gasteiger partial charge in [0.05, 0.1) is 18.4 Å². The summed E-state index contributed by atoms with van der Waals surface area (Å²) >= 11 is 3.36. The zero-order valence-electron chi connectivity index (χ0n) is 15.1. The van der Waals surface area contributed by atoms with Crippen molar-refractivity contribution < 1.29 is 13.9 Å². The number of ether oxygens (including phenoxy) is 1. The van der Waals surface area contributed by atoms with Crippen LogP contribution in [-0.2, 0) is 6.54 Å². The predicted octanol–water partition coefficient (Wildman–Crippen LogP) is 5.02. The normalized spacial score (nSPS) is 12.2. The van der Waals surface area contributed by atoms with Crippen molar-refractivity contribution in [1.29, 1.82) is 0 Å². The lowest BCUT2D eigenvalue weighted by atomic mass is 10.1. The fourth-order valence-electron chi connectivity index (χ4n) is 2.39. The van der Waals surface area contributed by atoms with Gasteiger partial charge in [0, 0.05) is 6.54 Å². The van der Waals surface area contributed by atoms with E-state index in [1.807, 2.05) is 31.2 Å². The molecule has 2 aromatic rings. The summed E-state index contributed by atoms with van der Waals surface area (Å²) in [6, 6.07) is 13.3. The van der Waals surface area contributed by atoms with E-state index in [-0.39, 0.29) is 11.3 Å². The predicted molar refractivity (Wildman–Crippen MR) is 110 cm³/mol. The van der Waals surface area contributed by atoms with Gasteiger partial charge in [-0.25, -0.2) is 4.39 Å².